The Hall–Kier alpha value is -1.72. The van der Waals surface area contributed by atoms with Crippen molar-refractivity contribution < 1.29 is 0 Å². The van der Waals surface area contributed by atoms with Crippen molar-refractivity contribution in [2.45, 2.75) is 39.9 Å². The number of aromatic nitrogens is 3. The molecule has 1 unspecified atom stereocenters. The monoisotopic (exact) mass is 287 g/mol. The van der Waals surface area contributed by atoms with Crippen LogP contribution in [0.3, 0.4) is 0 Å². The number of likely N-dealkylation sites (N-methyl/N-ethyl adjacent to an activating group) is 1. The highest BCUT2D eigenvalue weighted by molar-refractivity contribution is 5.12. The standard InChI is InChI=1S/C16H25N5/c1-4-20(11-14-8-6-7-13(3)19-14)15(9-17)16-10-18-12-21(16)5-2/h6-8,10,12,15H,4-5,9,11,17H2,1-3H3. The average Bonchev–Trinajstić information content (AvgIpc) is 2.95. The van der Waals surface area contributed by atoms with Crippen LogP contribution >= 0.6 is 0 Å². The maximum atomic E-state index is 6.04. The van der Waals surface area contributed by atoms with Gasteiger partial charge in [0.25, 0.3) is 0 Å². The van der Waals surface area contributed by atoms with Gasteiger partial charge in [-0.15, -0.1) is 0 Å². The van der Waals surface area contributed by atoms with E-state index in [9.17, 15) is 0 Å². The number of pyridine rings is 1. The van der Waals surface area contributed by atoms with Crippen LogP contribution in [0.5, 0.6) is 0 Å². The predicted octanol–water partition coefficient (Wildman–Crippen LogP) is 2.13. The zero-order valence-electron chi connectivity index (χ0n) is 13.2. The molecule has 5 nitrogen and oxygen atoms in total. The first kappa shape index (κ1) is 15.7. The average molecular weight is 287 g/mol. The van der Waals surface area contributed by atoms with Gasteiger partial charge >= 0.3 is 0 Å². The minimum absolute atomic E-state index is 0.166. The Morgan fingerprint density at radius 1 is 1.33 bits per heavy atom. The second kappa shape index (κ2) is 7.33. The predicted molar refractivity (Wildman–Crippen MR) is 84.8 cm³/mol. The Morgan fingerprint density at radius 3 is 2.76 bits per heavy atom. The number of nitrogens with zero attached hydrogens (tertiary/aromatic N) is 4. The van der Waals surface area contributed by atoms with Gasteiger partial charge in [-0.1, -0.05) is 13.0 Å². The van der Waals surface area contributed by atoms with Crippen LogP contribution in [0.1, 0.15) is 37.0 Å². The summed E-state index contributed by atoms with van der Waals surface area (Å²) >= 11 is 0. The van der Waals surface area contributed by atoms with Gasteiger partial charge < -0.3 is 10.3 Å². The van der Waals surface area contributed by atoms with Crippen LogP contribution in [-0.4, -0.2) is 32.5 Å². The molecule has 2 heterocycles. The summed E-state index contributed by atoms with van der Waals surface area (Å²) in [6, 6.07) is 6.31. The SMILES string of the molecule is CCN(Cc1cccc(C)n1)C(CN)c1cncn1CC. The topological polar surface area (TPSA) is 60.0 Å². The van der Waals surface area contributed by atoms with E-state index in [0.717, 1.165) is 31.0 Å². The number of imidazole rings is 1. The van der Waals surface area contributed by atoms with Crippen LogP contribution in [0, 0.1) is 6.92 Å². The van der Waals surface area contributed by atoms with Crippen molar-refractivity contribution in [1.29, 1.82) is 0 Å². The van der Waals surface area contributed by atoms with Gasteiger partial charge in [-0.2, -0.15) is 0 Å². The van der Waals surface area contributed by atoms with Crippen molar-refractivity contribution in [3.05, 3.63) is 47.8 Å². The Bertz CT molecular complexity index is 563. The minimum atomic E-state index is 0.166. The Labute approximate surface area is 126 Å². The molecular formula is C16H25N5. The molecule has 21 heavy (non-hydrogen) atoms. The largest absolute Gasteiger partial charge is 0.333 e. The molecule has 0 saturated heterocycles. The molecule has 1 atom stereocenters. The second-order valence-corrected chi connectivity index (χ2v) is 5.19. The first-order valence-corrected chi connectivity index (χ1v) is 7.56. The third-order valence-electron chi connectivity index (χ3n) is 3.81. The molecule has 0 saturated carbocycles. The summed E-state index contributed by atoms with van der Waals surface area (Å²) in [4.78, 5) is 11.2. The van der Waals surface area contributed by atoms with Crippen LogP contribution in [0.4, 0.5) is 0 Å². The maximum absolute atomic E-state index is 6.04. The van der Waals surface area contributed by atoms with Gasteiger partial charge in [0.05, 0.1) is 23.8 Å². The third-order valence-corrected chi connectivity index (χ3v) is 3.81. The molecule has 2 N–H and O–H groups in total. The van der Waals surface area contributed by atoms with Gasteiger partial charge in [-0.3, -0.25) is 9.88 Å². The minimum Gasteiger partial charge on any atom is -0.333 e. The van der Waals surface area contributed by atoms with Crippen LogP contribution in [0.15, 0.2) is 30.7 Å². The molecule has 114 valence electrons. The van der Waals surface area contributed by atoms with Crippen LogP contribution in [0.2, 0.25) is 0 Å². The number of aryl methyl sites for hydroxylation is 2. The summed E-state index contributed by atoms with van der Waals surface area (Å²) in [6.45, 7) is 9.51. The Morgan fingerprint density at radius 2 is 2.14 bits per heavy atom. The highest BCUT2D eigenvalue weighted by Crippen LogP contribution is 2.21. The van der Waals surface area contributed by atoms with E-state index in [1.807, 2.05) is 25.5 Å². The van der Waals surface area contributed by atoms with Gasteiger partial charge in [-0.25, -0.2) is 4.98 Å². The number of hydrogen-bond donors (Lipinski definition) is 1. The molecular weight excluding hydrogens is 262 g/mol. The van der Waals surface area contributed by atoms with E-state index in [1.54, 1.807) is 0 Å². The first-order chi connectivity index (χ1) is 10.2. The van der Waals surface area contributed by atoms with Crippen molar-refractivity contribution in [2.75, 3.05) is 13.1 Å². The van der Waals surface area contributed by atoms with E-state index in [2.05, 4.69) is 45.4 Å². The number of hydrogen-bond acceptors (Lipinski definition) is 4. The lowest BCUT2D eigenvalue weighted by atomic mass is 10.1. The van der Waals surface area contributed by atoms with Gasteiger partial charge in [0.2, 0.25) is 0 Å². The third kappa shape index (κ3) is 3.68. The van der Waals surface area contributed by atoms with E-state index < -0.39 is 0 Å². The molecule has 0 aromatic carbocycles. The molecule has 0 aliphatic heterocycles. The van der Waals surface area contributed by atoms with Crippen LogP contribution < -0.4 is 5.73 Å². The van der Waals surface area contributed by atoms with Gasteiger partial charge in [0.15, 0.2) is 0 Å². The van der Waals surface area contributed by atoms with E-state index in [0.29, 0.717) is 6.54 Å². The van der Waals surface area contributed by atoms with Crippen molar-refractivity contribution in [3.63, 3.8) is 0 Å². The summed E-state index contributed by atoms with van der Waals surface area (Å²) in [6.07, 6.45) is 3.80. The lowest BCUT2D eigenvalue weighted by Crippen LogP contribution is -2.34. The maximum Gasteiger partial charge on any atom is 0.0948 e. The van der Waals surface area contributed by atoms with E-state index in [-0.39, 0.29) is 6.04 Å². The van der Waals surface area contributed by atoms with Gasteiger partial charge in [-0.05, 0) is 32.5 Å². The lowest BCUT2D eigenvalue weighted by Gasteiger charge is -2.30. The molecule has 0 radical (unpaired) electrons. The van der Waals surface area contributed by atoms with Crippen LogP contribution in [0.25, 0.3) is 0 Å². The molecule has 0 fully saturated rings. The molecule has 0 bridgehead atoms. The number of nitrogens with two attached hydrogens (primary N) is 1. The molecule has 0 spiro atoms. The first-order valence-electron chi connectivity index (χ1n) is 7.56. The molecule has 2 aromatic rings. The van der Waals surface area contributed by atoms with Crippen molar-refractivity contribution in [2.24, 2.45) is 5.73 Å². The molecule has 0 amide bonds. The molecule has 0 aliphatic carbocycles. The summed E-state index contributed by atoms with van der Waals surface area (Å²) in [5.41, 5.74) is 9.35. The van der Waals surface area contributed by atoms with Gasteiger partial charge in [0.1, 0.15) is 0 Å². The summed E-state index contributed by atoms with van der Waals surface area (Å²) in [5, 5.41) is 0. The Balaban J connectivity index is 2.21. The fourth-order valence-corrected chi connectivity index (χ4v) is 2.67. The summed E-state index contributed by atoms with van der Waals surface area (Å²) in [5.74, 6) is 0. The summed E-state index contributed by atoms with van der Waals surface area (Å²) in [7, 11) is 0. The highest BCUT2D eigenvalue weighted by atomic mass is 15.2. The Kier molecular flexibility index (Phi) is 5.47. The van der Waals surface area contributed by atoms with Crippen molar-refractivity contribution >= 4 is 0 Å². The van der Waals surface area contributed by atoms with E-state index in [4.69, 9.17) is 5.73 Å². The van der Waals surface area contributed by atoms with Crippen molar-refractivity contribution in [3.8, 4) is 0 Å². The van der Waals surface area contributed by atoms with E-state index in [1.165, 1.54) is 5.69 Å². The second-order valence-electron chi connectivity index (χ2n) is 5.19. The zero-order chi connectivity index (χ0) is 15.2. The van der Waals surface area contributed by atoms with Crippen molar-refractivity contribution in [1.82, 2.24) is 19.4 Å². The van der Waals surface area contributed by atoms with Gasteiger partial charge in [0, 0.05) is 31.5 Å². The highest BCUT2D eigenvalue weighted by Gasteiger charge is 2.21. The zero-order valence-corrected chi connectivity index (χ0v) is 13.2. The normalized spacial score (nSPS) is 12.8. The molecule has 0 aliphatic rings. The quantitative estimate of drug-likeness (QED) is 0.847. The lowest BCUT2D eigenvalue weighted by molar-refractivity contribution is 0.193. The molecule has 2 rings (SSSR count). The fraction of sp³-hybridized carbons (Fsp3) is 0.500. The molecule has 2 aromatic heterocycles. The number of rotatable bonds is 7. The summed E-state index contributed by atoms with van der Waals surface area (Å²) < 4.78 is 2.16. The smallest absolute Gasteiger partial charge is 0.0948 e. The van der Waals surface area contributed by atoms with Crippen LogP contribution in [-0.2, 0) is 13.1 Å². The van der Waals surface area contributed by atoms with E-state index >= 15 is 0 Å². The molecule has 5 heteroatoms. The fourth-order valence-electron chi connectivity index (χ4n) is 2.67.